The van der Waals surface area contributed by atoms with Crippen molar-refractivity contribution < 1.29 is 9.21 Å². The monoisotopic (exact) mass is 408 g/mol. The van der Waals surface area contributed by atoms with E-state index in [1.165, 1.54) is 0 Å². The Morgan fingerprint density at radius 1 is 1.22 bits per heavy atom. The summed E-state index contributed by atoms with van der Waals surface area (Å²) in [5.41, 5.74) is 2.11. The van der Waals surface area contributed by atoms with Crippen molar-refractivity contribution in [1.29, 1.82) is 0 Å². The number of halogens is 2. The van der Waals surface area contributed by atoms with Crippen LogP contribution in [0.4, 0.5) is 6.01 Å². The van der Waals surface area contributed by atoms with E-state index < -0.39 is 0 Å². The second kappa shape index (κ2) is 6.67. The minimum Gasteiger partial charge on any atom is -0.422 e. The lowest BCUT2D eigenvalue weighted by Crippen LogP contribution is -2.49. The van der Waals surface area contributed by atoms with Gasteiger partial charge in [-0.05, 0) is 36.5 Å². The Morgan fingerprint density at radius 3 is 2.59 bits per heavy atom. The Morgan fingerprint density at radius 2 is 1.93 bits per heavy atom. The van der Waals surface area contributed by atoms with Crippen LogP contribution < -0.4 is 4.90 Å². The Labute approximate surface area is 168 Å². The molecule has 8 heteroatoms. The van der Waals surface area contributed by atoms with Gasteiger partial charge in [-0.2, -0.15) is 4.98 Å². The third kappa shape index (κ3) is 3.41. The molecule has 1 saturated heterocycles. The SMILES string of the molecule is Cc1ccc2oc(N3CCN(C(=O)[C@H]4[C@@H](C=C(Cl)Cl)C4(C)C)CC3)nc2n1. The Bertz CT molecular complexity index is 912. The van der Waals surface area contributed by atoms with Gasteiger partial charge in [-0.25, -0.2) is 4.98 Å². The first-order valence-corrected chi connectivity index (χ1v) is 9.83. The minimum atomic E-state index is -0.104. The number of aryl methyl sites for hydroxylation is 1. The molecule has 2 aliphatic rings. The molecule has 144 valence electrons. The Kier molecular flexibility index (Phi) is 4.59. The average molecular weight is 409 g/mol. The zero-order valence-electron chi connectivity index (χ0n) is 15.6. The number of carbonyl (C=O) groups excluding carboxylic acids is 1. The maximum Gasteiger partial charge on any atom is 0.300 e. The van der Waals surface area contributed by atoms with E-state index in [-0.39, 0.29) is 27.6 Å². The number of aromatic nitrogens is 2. The minimum absolute atomic E-state index is 0.0620. The van der Waals surface area contributed by atoms with Crippen molar-refractivity contribution >= 4 is 46.4 Å². The fourth-order valence-electron chi connectivity index (χ4n) is 3.95. The quantitative estimate of drug-likeness (QED) is 0.773. The standard InChI is InChI=1S/C19H22Cl2N4O2/c1-11-4-5-13-16(22-11)23-18(27-13)25-8-6-24(7-9-25)17(26)15-12(10-14(20)21)19(15,2)3/h4-5,10,12,15H,6-9H2,1-3H3/t12-,15-/m1/s1. The smallest absolute Gasteiger partial charge is 0.300 e. The van der Waals surface area contributed by atoms with Crippen molar-refractivity contribution in [2.45, 2.75) is 20.8 Å². The Balaban J connectivity index is 1.41. The average Bonchev–Trinajstić information content (AvgIpc) is 2.96. The molecule has 0 bridgehead atoms. The summed E-state index contributed by atoms with van der Waals surface area (Å²) < 4.78 is 6.05. The van der Waals surface area contributed by atoms with Crippen LogP contribution in [0.5, 0.6) is 0 Å². The molecule has 1 amide bonds. The lowest BCUT2D eigenvalue weighted by molar-refractivity contribution is -0.133. The number of piperazine rings is 1. The van der Waals surface area contributed by atoms with Gasteiger partial charge in [0.1, 0.15) is 4.49 Å². The van der Waals surface area contributed by atoms with E-state index in [1.54, 1.807) is 6.08 Å². The molecule has 0 unspecified atom stereocenters. The summed E-state index contributed by atoms with van der Waals surface area (Å²) in [4.78, 5) is 25.8. The molecule has 2 aromatic heterocycles. The van der Waals surface area contributed by atoms with Crippen LogP contribution in [0.25, 0.3) is 11.2 Å². The highest BCUT2D eigenvalue weighted by atomic mass is 35.5. The summed E-state index contributed by atoms with van der Waals surface area (Å²) in [6.07, 6.45) is 1.79. The van der Waals surface area contributed by atoms with Crippen LogP contribution in [0.15, 0.2) is 27.1 Å². The number of oxazole rings is 1. The summed E-state index contributed by atoms with van der Waals surface area (Å²) >= 11 is 11.6. The fourth-order valence-corrected chi connectivity index (χ4v) is 4.22. The van der Waals surface area contributed by atoms with Crippen LogP contribution in [0.2, 0.25) is 0 Å². The van der Waals surface area contributed by atoms with Crippen LogP contribution in [-0.2, 0) is 4.79 Å². The number of pyridine rings is 1. The van der Waals surface area contributed by atoms with Gasteiger partial charge in [0, 0.05) is 31.9 Å². The second-order valence-electron chi connectivity index (χ2n) is 7.86. The van der Waals surface area contributed by atoms with Gasteiger partial charge in [0.05, 0.1) is 5.92 Å². The zero-order chi connectivity index (χ0) is 19.3. The summed E-state index contributed by atoms with van der Waals surface area (Å²) in [5, 5.41) is 0. The fraction of sp³-hybridized carbons (Fsp3) is 0.526. The number of anilines is 1. The number of carbonyl (C=O) groups is 1. The van der Waals surface area contributed by atoms with Crippen molar-refractivity contribution in [3.05, 3.63) is 28.4 Å². The number of rotatable bonds is 3. The van der Waals surface area contributed by atoms with Crippen molar-refractivity contribution in [1.82, 2.24) is 14.9 Å². The largest absolute Gasteiger partial charge is 0.422 e. The van der Waals surface area contributed by atoms with Crippen molar-refractivity contribution in [2.24, 2.45) is 17.3 Å². The summed E-state index contributed by atoms with van der Waals surface area (Å²) in [5.74, 6) is 0.206. The first-order valence-electron chi connectivity index (χ1n) is 9.08. The maximum atomic E-state index is 12.9. The first kappa shape index (κ1) is 18.6. The van der Waals surface area contributed by atoms with Crippen LogP contribution in [0, 0.1) is 24.2 Å². The normalized spacial score (nSPS) is 24.2. The van der Waals surface area contributed by atoms with E-state index in [0.717, 1.165) is 5.69 Å². The van der Waals surface area contributed by atoms with E-state index >= 15 is 0 Å². The van der Waals surface area contributed by atoms with E-state index in [4.69, 9.17) is 27.6 Å². The van der Waals surface area contributed by atoms with Gasteiger partial charge in [-0.15, -0.1) is 0 Å². The van der Waals surface area contributed by atoms with Gasteiger partial charge in [0.25, 0.3) is 6.01 Å². The Hall–Kier alpha value is -1.79. The number of amides is 1. The molecule has 1 aliphatic heterocycles. The van der Waals surface area contributed by atoms with E-state index in [1.807, 2.05) is 24.0 Å². The molecule has 0 radical (unpaired) electrons. The molecule has 2 aromatic rings. The third-order valence-corrected chi connectivity index (χ3v) is 5.98. The van der Waals surface area contributed by atoms with Gasteiger partial charge < -0.3 is 14.2 Å². The molecule has 1 saturated carbocycles. The molecule has 2 atom stereocenters. The predicted molar refractivity (Wildman–Crippen MR) is 106 cm³/mol. The van der Waals surface area contributed by atoms with Crippen LogP contribution >= 0.6 is 23.2 Å². The number of hydrogen-bond acceptors (Lipinski definition) is 5. The van der Waals surface area contributed by atoms with Crippen LogP contribution in [0.1, 0.15) is 19.5 Å². The van der Waals surface area contributed by atoms with Gasteiger partial charge >= 0.3 is 0 Å². The van der Waals surface area contributed by atoms with Crippen LogP contribution in [0.3, 0.4) is 0 Å². The van der Waals surface area contributed by atoms with Crippen molar-refractivity contribution in [3.8, 4) is 0 Å². The summed E-state index contributed by atoms with van der Waals surface area (Å²) in [7, 11) is 0. The van der Waals surface area contributed by atoms with Crippen molar-refractivity contribution in [2.75, 3.05) is 31.1 Å². The lowest BCUT2D eigenvalue weighted by Gasteiger charge is -2.34. The highest BCUT2D eigenvalue weighted by Crippen LogP contribution is 2.60. The van der Waals surface area contributed by atoms with Gasteiger partial charge in [0.15, 0.2) is 5.58 Å². The first-order chi connectivity index (χ1) is 12.8. The van der Waals surface area contributed by atoms with E-state index in [0.29, 0.717) is 43.4 Å². The van der Waals surface area contributed by atoms with Gasteiger partial charge in [-0.3, -0.25) is 4.79 Å². The summed E-state index contributed by atoms with van der Waals surface area (Å²) in [6, 6.07) is 4.36. The number of nitrogens with zero attached hydrogens (tertiary/aromatic N) is 4. The molecule has 0 spiro atoms. The summed E-state index contributed by atoms with van der Waals surface area (Å²) in [6.45, 7) is 8.73. The highest BCUT2D eigenvalue weighted by molar-refractivity contribution is 6.55. The van der Waals surface area contributed by atoms with E-state index in [2.05, 4.69) is 28.7 Å². The molecule has 1 aliphatic carbocycles. The number of allylic oxidation sites excluding steroid dienone is 1. The number of hydrogen-bond donors (Lipinski definition) is 0. The van der Waals surface area contributed by atoms with E-state index in [9.17, 15) is 4.79 Å². The molecule has 3 heterocycles. The molecule has 0 aromatic carbocycles. The van der Waals surface area contributed by atoms with Crippen LogP contribution in [-0.4, -0.2) is 47.0 Å². The van der Waals surface area contributed by atoms with Gasteiger partial charge in [0.2, 0.25) is 11.6 Å². The highest BCUT2D eigenvalue weighted by Gasteiger charge is 2.61. The van der Waals surface area contributed by atoms with Gasteiger partial charge in [-0.1, -0.05) is 37.0 Å². The topological polar surface area (TPSA) is 62.5 Å². The molecule has 2 fully saturated rings. The zero-order valence-corrected chi connectivity index (χ0v) is 17.1. The molecule has 27 heavy (non-hydrogen) atoms. The molecular weight excluding hydrogens is 387 g/mol. The number of fused-ring (bicyclic) bond motifs is 1. The lowest BCUT2D eigenvalue weighted by atomic mass is 10.1. The molecule has 6 nitrogen and oxygen atoms in total. The maximum absolute atomic E-state index is 12.9. The molecule has 0 N–H and O–H groups in total. The second-order valence-corrected chi connectivity index (χ2v) is 8.87. The molecular formula is C19H22Cl2N4O2. The third-order valence-electron chi connectivity index (χ3n) is 5.73. The van der Waals surface area contributed by atoms with Crippen molar-refractivity contribution in [3.63, 3.8) is 0 Å². The molecule has 4 rings (SSSR count). The predicted octanol–water partition coefficient (Wildman–Crippen LogP) is 3.77.